The molecule has 0 amide bonds. The van der Waals surface area contributed by atoms with Gasteiger partial charge in [0.2, 0.25) is 5.56 Å². The maximum absolute atomic E-state index is 11.7. The zero-order chi connectivity index (χ0) is 13.1. The van der Waals surface area contributed by atoms with Crippen molar-refractivity contribution in [3.05, 3.63) is 28.7 Å². The predicted octanol–water partition coefficient (Wildman–Crippen LogP) is 0.147. The number of alkyl halides is 3. The van der Waals surface area contributed by atoms with Crippen LogP contribution in [0, 0.1) is 0 Å². The quantitative estimate of drug-likeness (QED) is 0.763. The molecule has 6 nitrogen and oxygen atoms in total. The average molecular weight is 272 g/mol. The molecular weight excluding hydrogens is 265 g/mol. The van der Waals surface area contributed by atoms with E-state index < -0.39 is 33.3 Å². The van der Waals surface area contributed by atoms with Crippen molar-refractivity contribution in [3.8, 4) is 0 Å². The summed E-state index contributed by atoms with van der Waals surface area (Å²) in [4.78, 5) is 17.4. The van der Waals surface area contributed by atoms with Crippen LogP contribution < -0.4 is 10.4 Å². The number of aromatic nitrogens is 1. The number of rotatable bonds is 4. The lowest BCUT2D eigenvalue weighted by Crippen LogP contribution is -2.30. The number of sulfonamides is 1. The SMILES string of the molecule is O=c1ccc(S(=O)(=O)NOCC(F)(F)F)c[nH]1. The second-order valence-corrected chi connectivity index (χ2v) is 4.52. The molecule has 1 heterocycles. The van der Waals surface area contributed by atoms with E-state index in [1.807, 2.05) is 0 Å². The van der Waals surface area contributed by atoms with E-state index in [1.165, 1.54) is 4.89 Å². The fraction of sp³-hybridized carbons (Fsp3) is 0.286. The van der Waals surface area contributed by atoms with Gasteiger partial charge in [-0.1, -0.05) is 4.89 Å². The largest absolute Gasteiger partial charge is 0.413 e. The summed E-state index contributed by atoms with van der Waals surface area (Å²) in [6.45, 7) is -1.75. The molecule has 0 spiro atoms. The van der Waals surface area contributed by atoms with Crippen molar-refractivity contribution >= 4 is 10.0 Å². The molecule has 0 aliphatic rings. The smallest absolute Gasteiger partial charge is 0.328 e. The van der Waals surface area contributed by atoms with Gasteiger partial charge in [0, 0.05) is 12.3 Å². The molecule has 0 fully saturated rings. The molecule has 96 valence electrons. The van der Waals surface area contributed by atoms with E-state index in [4.69, 9.17) is 0 Å². The van der Waals surface area contributed by atoms with Crippen LogP contribution in [-0.2, 0) is 14.9 Å². The number of H-pyrrole nitrogens is 1. The summed E-state index contributed by atoms with van der Waals surface area (Å²) < 4.78 is 57.6. The Bertz CT molecular complexity index is 516. The van der Waals surface area contributed by atoms with Gasteiger partial charge >= 0.3 is 6.18 Å². The van der Waals surface area contributed by atoms with Gasteiger partial charge in [-0.25, -0.2) is 8.42 Å². The predicted molar refractivity (Wildman–Crippen MR) is 49.4 cm³/mol. The molecule has 2 N–H and O–H groups in total. The molecule has 0 atom stereocenters. The summed E-state index contributed by atoms with van der Waals surface area (Å²) in [5.41, 5.74) is -0.542. The Labute approximate surface area is 93.4 Å². The van der Waals surface area contributed by atoms with E-state index >= 15 is 0 Å². The normalized spacial score (nSPS) is 12.6. The van der Waals surface area contributed by atoms with Crippen molar-refractivity contribution in [1.29, 1.82) is 0 Å². The lowest BCUT2D eigenvalue weighted by molar-refractivity contribution is -0.181. The molecule has 17 heavy (non-hydrogen) atoms. The summed E-state index contributed by atoms with van der Waals surface area (Å²) in [5, 5.41) is 0. The van der Waals surface area contributed by atoms with Gasteiger partial charge in [-0.2, -0.15) is 13.2 Å². The summed E-state index contributed by atoms with van der Waals surface area (Å²) in [6.07, 6.45) is -3.81. The highest BCUT2D eigenvalue weighted by molar-refractivity contribution is 7.89. The maximum Gasteiger partial charge on any atom is 0.413 e. The van der Waals surface area contributed by atoms with Crippen LogP contribution >= 0.6 is 0 Å². The molecule has 0 unspecified atom stereocenters. The Morgan fingerprint density at radius 3 is 2.47 bits per heavy atom. The van der Waals surface area contributed by atoms with Crippen molar-refractivity contribution in [1.82, 2.24) is 9.87 Å². The van der Waals surface area contributed by atoms with Gasteiger partial charge in [-0.05, 0) is 6.07 Å². The third kappa shape index (κ3) is 4.54. The van der Waals surface area contributed by atoms with Crippen LogP contribution in [0.5, 0.6) is 0 Å². The van der Waals surface area contributed by atoms with E-state index in [0.717, 1.165) is 18.3 Å². The fourth-order valence-electron chi connectivity index (χ4n) is 0.800. The number of nitrogens with one attached hydrogen (secondary N) is 2. The number of halogens is 3. The molecule has 0 radical (unpaired) electrons. The van der Waals surface area contributed by atoms with E-state index in [-0.39, 0.29) is 0 Å². The minimum Gasteiger partial charge on any atom is -0.328 e. The third-order valence-corrected chi connectivity index (χ3v) is 2.68. The fourth-order valence-corrected chi connectivity index (χ4v) is 1.57. The van der Waals surface area contributed by atoms with Crippen LogP contribution in [0.25, 0.3) is 0 Å². The van der Waals surface area contributed by atoms with Crippen molar-refractivity contribution in [3.63, 3.8) is 0 Å². The topological polar surface area (TPSA) is 88.3 Å². The van der Waals surface area contributed by atoms with Crippen LogP contribution in [0.4, 0.5) is 13.2 Å². The van der Waals surface area contributed by atoms with Gasteiger partial charge in [0.1, 0.15) is 4.90 Å². The molecule has 10 heteroatoms. The van der Waals surface area contributed by atoms with Gasteiger partial charge in [-0.3, -0.25) is 9.63 Å². The highest BCUT2D eigenvalue weighted by Gasteiger charge is 2.29. The van der Waals surface area contributed by atoms with Crippen LogP contribution in [0.3, 0.4) is 0 Å². The lowest BCUT2D eigenvalue weighted by atomic mass is 10.5. The molecule has 0 bridgehead atoms. The van der Waals surface area contributed by atoms with Crippen LogP contribution in [0.15, 0.2) is 28.0 Å². The van der Waals surface area contributed by atoms with E-state index in [2.05, 4.69) is 9.82 Å². The van der Waals surface area contributed by atoms with E-state index in [0.29, 0.717) is 0 Å². The Morgan fingerprint density at radius 1 is 1.35 bits per heavy atom. The zero-order valence-electron chi connectivity index (χ0n) is 8.11. The number of hydrogen-bond donors (Lipinski definition) is 2. The minimum absolute atomic E-state index is 0.417. The summed E-state index contributed by atoms with van der Waals surface area (Å²) in [6, 6.07) is 1.84. The molecule has 0 saturated heterocycles. The first-order valence-corrected chi connectivity index (χ1v) is 5.58. The summed E-state index contributed by atoms with van der Waals surface area (Å²) in [5.74, 6) is 0. The Kier molecular flexibility index (Phi) is 3.91. The standard InChI is InChI=1S/C7H7F3N2O4S/c8-7(9,10)4-16-12-17(14,15)5-1-2-6(13)11-3-5/h1-3,12H,4H2,(H,11,13). The van der Waals surface area contributed by atoms with Gasteiger partial charge < -0.3 is 4.98 Å². The first-order chi connectivity index (χ1) is 7.71. The molecule has 1 aromatic rings. The number of aromatic amines is 1. The first-order valence-electron chi connectivity index (χ1n) is 4.10. The zero-order valence-corrected chi connectivity index (χ0v) is 8.93. The van der Waals surface area contributed by atoms with Crippen LogP contribution in [0.1, 0.15) is 0 Å². The second kappa shape index (κ2) is 4.85. The van der Waals surface area contributed by atoms with E-state index in [9.17, 15) is 26.4 Å². The molecular formula is C7H7F3N2O4S. The van der Waals surface area contributed by atoms with Gasteiger partial charge in [0.05, 0.1) is 0 Å². The molecule has 0 aliphatic carbocycles. The van der Waals surface area contributed by atoms with Gasteiger partial charge in [0.15, 0.2) is 6.61 Å². The van der Waals surface area contributed by atoms with Crippen LogP contribution in [0.2, 0.25) is 0 Å². The van der Waals surface area contributed by atoms with Crippen LogP contribution in [-0.4, -0.2) is 26.2 Å². The molecule has 1 rings (SSSR count). The Balaban J connectivity index is 2.70. The molecule has 0 saturated carbocycles. The lowest BCUT2D eigenvalue weighted by Gasteiger charge is -2.08. The Hall–Kier alpha value is -1.39. The molecule has 0 aromatic carbocycles. The first kappa shape index (κ1) is 13.7. The van der Waals surface area contributed by atoms with Gasteiger partial charge in [0.25, 0.3) is 10.0 Å². The van der Waals surface area contributed by atoms with Crippen molar-refractivity contribution in [2.75, 3.05) is 6.61 Å². The monoisotopic (exact) mass is 272 g/mol. The maximum atomic E-state index is 11.7. The van der Waals surface area contributed by atoms with Crippen molar-refractivity contribution in [2.24, 2.45) is 0 Å². The summed E-state index contributed by atoms with van der Waals surface area (Å²) >= 11 is 0. The van der Waals surface area contributed by atoms with Crippen molar-refractivity contribution in [2.45, 2.75) is 11.1 Å². The average Bonchev–Trinajstić information content (AvgIpc) is 2.15. The molecule has 1 aromatic heterocycles. The second-order valence-electron chi connectivity index (χ2n) is 2.88. The highest BCUT2D eigenvalue weighted by atomic mass is 32.2. The minimum atomic E-state index is -4.65. The number of pyridine rings is 1. The summed E-state index contributed by atoms with van der Waals surface area (Å²) in [7, 11) is -4.24. The molecule has 0 aliphatic heterocycles. The highest BCUT2D eigenvalue weighted by Crippen LogP contribution is 2.14. The third-order valence-electron chi connectivity index (χ3n) is 1.47. The number of hydrogen-bond acceptors (Lipinski definition) is 4. The van der Waals surface area contributed by atoms with Crippen molar-refractivity contribution < 1.29 is 26.4 Å². The van der Waals surface area contributed by atoms with E-state index in [1.54, 1.807) is 0 Å². The Morgan fingerprint density at radius 2 is 2.00 bits per heavy atom. The van der Waals surface area contributed by atoms with Gasteiger partial charge in [-0.15, -0.1) is 0 Å².